The molecule has 0 saturated carbocycles. The Balaban J connectivity index is 0.000000785. The fraction of sp³-hybridized carbons (Fsp3) is 0.798. The summed E-state index contributed by atoms with van der Waals surface area (Å²) in [5.74, 6) is 1.18. The van der Waals surface area contributed by atoms with Crippen molar-refractivity contribution in [3.8, 4) is 0 Å². The standard InChI is InChI=1S/C20H39N2O3PS.C18H33N3O3S.C17H28N2O2.C15H27NO4S2.C13H23NO2S.C11H19N3O3S/c1-15(2)8-10-21-26(25,13-9-16(3)4)12-7-11-22-19(23)14-18(20(22)24)27-17(5)6;1-13(2)19-9-10-20-16(22)8-6-5-7-11-21-17(23)12-15(18(21)24)25-14(3)4;1-13(2)18-11-5-6-17(20)21-12-15-7-9-16(10-8-15)19-14(3)4;1-11(2)6-9-22(19,20)8-5-7-16-14(17)10-13(15(16)18)21-12(3)4;1-9(2)6-5-7-14-12(15)8-11(13(14)16)17-10(3)4;1-12-4-5-13-9(15)3-6-14-10(16)7-8(18-2)11(14)17/h15-18H,7-14H2,1-6H3,(H,21,25);13-15,19H,5-12H2,1-4H3,(H,20,22);7-10,13-14,18-19H,5-6,11-12H2,1-4H3;11-13H,5-10H2,1-4H3;9-11H,5-8H2,1-4H3;8,12H,3-7H2,1-2H3,(H,13,15). The molecule has 5 aliphatic rings. The van der Waals surface area contributed by atoms with Gasteiger partial charge in [0.2, 0.25) is 70.9 Å². The number of sulfone groups is 1. The normalized spacial score (nSPS) is 18.2. The Labute approximate surface area is 803 Å². The molecule has 6 unspecified atom stereocenters. The Morgan fingerprint density at radius 3 is 1.22 bits per heavy atom. The minimum absolute atomic E-state index is 0.0110. The third-order valence-corrected chi connectivity index (χ3v) is 31.1. The lowest BCUT2D eigenvalue weighted by Crippen LogP contribution is -2.36. The first-order chi connectivity index (χ1) is 60.9. The molecule has 5 aliphatic heterocycles. The summed E-state index contributed by atoms with van der Waals surface area (Å²) >= 11 is 7.61. The summed E-state index contributed by atoms with van der Waals surface area (Å²) in [5, 5.41) is 21.9. The van der Waals surface area contributed by atoms with Crippen LogP contribution >= 0.6 is 66.1 Å². The Morgan fingerprint density at radius 2 is 0.808 bits per heavy atom. The number of carbonyl (C=O) groups is 13. The topological polar surface area (TPSA) is 383 Å². The lowest BCUT2D eigenvalue weighted by atomic mass is 10.1. The van der Waals surface area contributed by atoms with E-state index >= 15 is 0 Å². The van der Waals surface area contributed by atoms with Crippen LogP contribution < -0.4 is 37.0 Å². The maximum Gasteiger partial charge on any atom is 0.306 e. The molecule has 6 rings (SSSR count). The van der Waals surface area contributed by atoms with E-state index in [-0.39, 0.29) is 152 Å². The van der Waals surface area contributed by atoms with Gasteiger partial charge in [0.05, 0.1) is 37.8 Å². The van der Waals surface area contributed by atoms with Gasteiger partial charge in [0.25, 0.3) is 0 Å². The van der Waals surface area contributed by atoms with E-state index in [1.165, 1.54) is 48.0 Å². The second-order valence-electron chi connectivity index (χ2n) is 37.4. The van der Waals surface area contributed by atoms with Crippen LogP contribution in [0.3, 0.4) is 0 Å². The van der Waals surface area contributed by atoms with Gasteiger partial charge in [-0.1, -0.05) is 157 Å². The Morgan fingerprint density at radius 1 is 0.408 bits per heavy atom. The molecule has 12 amide bonds. The molecule has 130 heavy (non-hydrogen) atoms. The van der Waals surface area contributed by atoms with Crippen LogP contribution in [-0.2, 0) is 88.1 Å². The Hall–Kier alpha value is -5.10. The van der Waals surface area contributed by atoms with Crippen molar-refractivity contribution in [2.24, 2.45) is 23.7 Å². The number of unbranched alkanes of at least 4 members (excludes halogenated alkanes) is 2. The van der Waals surface area contributed by atoms with E-state index in [4.69, 9.17) is 4.74 Å². The van der Waals surface area contributed by atoms with E-state index in [2.05, 4.69) is 134 Å². The number of likely N-dealkylation sites (tertiary alicyclic amines) is 5. The largest absolute Gasteiger partial charge is 0.461 e. The van der Waals surface area contributed by atoms with Crippen LogP contribution in [0.25, 0.3) is 0 Å². The molecule has 29 nitrogen and oxygen atoms in total. The quantitative estimate of drug-likeness (QED) is 0.0138. The van der Waals surface area contributed by atoms with Crippen molar-refractivity contribution < 1.29 is 80.0 Å². The lowest BCUT2D eigenvalue weighted by Gasteiger charge is -2.23. The van der Waals surface area contributed by atoms with Gasteiger partial charge in [0, 0.05) is 153 Å². The van der Waals surface area contributed by atoms with Crippen molar-refractivity contribution in [3.63, 3.8) is 0 Å². The second-order valence-corrected chi connectivity index (χ2v) is 50.9. The fourth-order valence-corrected chi connectivity index (χ4v) is 23.1. The lowest BCUT2D eigenvalue weighted by molar-refractivity contribution is -0.145. The smallest absolute Gasteiger partial charge is 0.306 e. The number of nitrogens with one attached hydrogen (secondary N) is 7. The van der Waals surface area contributed by atoms with E-state index in [0.29, 0.717) is 167 Å². The number of rotatable bonds is 56. The van der Waals surface area contributed by atoms with Crippen LogP contribution in [0.15, 0.2) is 24.3 Å². The number of hydrogen-bond acceptors (Lipinski definition) is 26. The predicted molar refractivity (Wildman–Crippen MR) is 539 cm³/mol. The average Bonchev–Trinajstić information content (AvgIpc) is 1.66. The number of nitrogens with zero attached hydrogens (tertiary/aromatic N) is 5. The average molecular weight is 1960 g/mol. The van der Waals surface area contributed by atoms with Gasteiger partial charge in [-0.15, -0.1) is 47.0 Å². The maximum atomic E-state index is 13.3. The summed E-state index contributed by atoms with van der Waals surface area (Å²) in [6.45, 7) is 52.2. The van der Waals surface area contributed by atoms with Gasteiger partial charge < -0.3 is 41.2 Å². The summed E-state index contributed by atoms with van der Waals surface area (Å²) in [4.78, 5) is 161. The molecular weight excluding hydrogens is 1790 g/mol. The third-order valence-electron chi connectivity index (χ3n) is 20.6. The molecule has 1 aromatic carbocycles. The van der Waals surface area contributed by atoms with Crippen LogP contribution in [0, 0.1) is 23.7 Å². The molecule has 5 fully saturated rings. The van der Waals surface area contributed by atoms with Gasteiger partial charge in [-0.25, -0.2) is 8.42 Å². The monoisotopic (exact) mass is 1960 g/mol. The zero-order valence-electron chi connectivity index (χ0n) is 83.4. The molecule has 0 spiro atoms. The molecule has 748 valence electrons. The number of likely N-dealkylation sites (N-methyl/N-ethyl adjacent to an activating group) is 1. The van der Waals surface area contributed by atoms with E-state index in [1.807, 2.05) is 85.9 Å². The minimum atomic E-state index is -3.09. The zero-order valence-corrected chi connectivity index (χ0v) is 89.2. The molecule has 5 saturated heterocycles. The Bertz CT molecular complexity index is 3750. The molecule has 6 atom stereocenters. The highest BCUT2D eigenvalue weighted by molar-refractivity contribution is 8.02. The first kappa shape index (κ1) is 123. The van der Waals surface area contributed by atoms with Crippen molar-refractivity contribution in [2.45, 2.75) is 346 Å². The van der Waals surface area contributed by atoms with Gasteiger partial charge in [0.1, 0.15) is 23.7 Å². The van der Waals surface area contributed by atoms with Gasteiger partial charge in [-0.2, -0.15) is 11.8 Å². The van der Waals surface area contributed by atoms with Gasteiger partial charge in [0.15, 0.2) is 0 Å². The number of anilines is 1. The van der Waals surface area contributed by atoms with E-state index in [0.717, 1.165) is 82.3 Å². The molecule has 1 aromatic rings. The van der Waals surface area contributed by atoms with E-state index < -0.39 is 17.1 Å². The number of esters is 1. The molecule has 7 N–H and O–H groups in total. The van der Waals surface area contributed by atoms with Crippen molar-refractivity contribution >= 4 is 158 Å². The number of carbonyl (C=O) groups excluding carboxylic acids is 13. The van der Waals surface area contributed by atoms with Crippen molar-refractivity contribution in [1.82, 2.24) is 56.2 Å². The summed E-state index contributed by atoms with van der Waals surface area (Å²) in [6.07, 6.45) is 14.4. The Kier molecular flexibility index (Phi) is 63.5. The molecular formula is C94H169N12O17PS6. The second kappa shape index (κ2) is 67.2. The number of benzene rings is 1. The van der Waals surface area contributed by atoms with Crippen LogP contribution in [0.5, 0.6) is 0 Å². The first-order valence-corrected chi connectivity index (χ1v) is 56.5. The van der Waals surface area contributed by atoms with E-state index in [1.54, 1.807) is 42.3 Å². The van der Waals surface area contributed by atoms with Gasteiger partial charge >= 0.3 is 5.97 Å². The minimum Gasteiger partial charge on any atom is -0.461 e. The number of thioether (sulfide) groups is 5. The predicted octanol–water partition coefficient (Wildman–Crippen LogP) is 13.9. The fourth-order valence-electron chi connectivity index (χ4n) is 13.7. The summed E-state index contributed by atoms with van der Waals surface area (Å²) < 4.78 is 42.4. The SMILES string of the molecule is CC(C)CCCN1C(=O)CC(SC(C)C)C1=O.CC(C)CCNP(=O)(CCCN1C(=O)CC(SC(C)C)C1=O)CCC(C)C.CC(C)CCS(=O)(=O)CCCN1C(=O)CC(SC(C)C)C1=O.CC(C)NCCCC(=O)OCc1ccc(NC(C)C)cc1.CC(C)NCCNC(=O)CCCCCN1C(=O)CC(SC(C)C)C1=O.CNCCNC(=O)CCN1C(=O)CC(SC)C1=O. The van der Waals surface area contributed by atoms with Crippen molar-refractivity contribution in [1.29, 1.82) is 0 Å². The third kappa shape index (κ3) is 54.6. The first-order valence-electron chi connectivity index (χ1n) is 47.5. The number of amides is 12. The summed E-state index contributed by atoms with van der Waals surface area (Å²) in [7, 11) is -3.76. The van der Waals surface area contributed by atoms with Crippen LogP contribution in [0.2, 0.25) is 0 Å². The molecule has 0 aromatic heterocycles. The zero-order chi connectivity index (χ0) is 98.6. The molecule has 0 radical (unpaired) electrons. The van der Waals surface area contributed by atoms with Crippen molar-refractivity contribution in [3.05, 3.63) is 29.8 Å². The highest BCUT2D eigenvalue weighted by Crippen LogP contribution is 2.44. The number of hydrogen-bond donors (Lipinski definition) is 7. The molecule has 36 heteroatoms. The van der Waals surface area contributed by atoms with Crippen molar-refractivity contribution in [2.75, 3.05) is 114 Å². The molecule has 0 aliphatic carbocycles. The number of ether oxygens (including phenoxy) is 1. The number of imide groups is 5. The summed E-state index contributed by atoms with van der Waals surface area (Å²) in [6, 6.07) is 9.28. The van der Waals surface area contributed by atoms with Crippen LogP contribution in [-0.4, -0.2) is 284 Å². The van der Waals surface area contributed by atoms with Gasteiger partial charge in [-0.3, -0.25) is 91.9 Å². The maximum absolute atomic E-state index is 13.3. The summed E-state index contributed by atoms with van der Waals surface area (Å²) in [5.41, 5.74) is 2.10. The molecule has 0 bridgehead atoms. The van der Waals surface area contributed by atoms with E-state index in [9.17, 15) is 75.3 Å². The van der Waals surface area contributed by atoms with Gasteiger partial charge in [-0.05, 0) is 160 Å². The highest BCUT2D eigenvalue weighted by Gasteiger charge is 2.43. The molecule has 5 heterocycles. The van der Waals surface area contributed by atoms with Crippen LogP contribution in [0.1, 0.15) is 280 Å². The highest BCUT2D eigenvalue weighted by atomic mass is 32.2. The van der Waals surface area contributed by atoms with Crippen LogP contribution in [0.4, 0.5) is 5.69 Å².